The Balaban J connectivity index is 2.23. The van der Waals surface area contributed by atoms with Crippen LogP contribution in [0, 0.1) is 6.92 Å². The molecule has 0 amide bonds. The number of nitrogens with two attached hydrogens (primary N) is 1. The van der Waals surface area contributed by atoms with E-state index in [0.29, 0.717) is 6.54 Å². The SMILES string of the molecule is Cc1cccc(C(C)CNc2ccc(S(N)(=O)=O)c(C(F)(F)F)c2)c1. The van der Waals surface area contributed by atoms with Gasteiger partial charge in [0.1, 0.15) is 0 Å². The number of halogens is 3. The molecule has 2 aromatic rings. The van der Waals surface area contributed by atoms with Gasteiger partial charge in [0.25, 0.3) is 0 Å². The molecule has 0 aliphatic rings. The third-order valence-corrected chi connectivity index (χ3v) is 4.78. The number of hydrogen-bond acceptors (Lipinski definition) is 3. The molecule has 0 aromatic heterocycles. The average molecular weight is 372 g/mol. The molecule has 3 N–H and O–H groups in total. The second-order valence-corrected chi connectivity index (χ2v) is 7.48. The van der Waals surface area contributed by atoms with Crippen molar-refractivity contribution in [2.45, 2.75) is 30.8 Å². The van der Waals surface area contributed by atoms with Crippen molar-refractivity contribution in [3.05, 3.63) is 59.2 Å². The molecule has 0 radical (unpaired) electrons. The molecule has 0 saturated heterocycles. The molecular weight excluding hydrogens is 353 g/mol. The zero-order valence-electron chi connectivity index (χ0n) is 13.8. The van der Waals surface area contributed by atoms with Crippen LogP contribution < -0.4 is 10.5 Å². The van der Waals surface area contributed by atoms with Crippen LogP contribution in [-0.4, -0.2) is 15.0 Å². The second kappa shape index (κ2) is 7.05. The van der Waals surface area contributed by atoms with E-state index < -0.39 is 26.7 Å². The minimum absolute atomic E-state index is 0.0622. The predicted molar refractivity (Wildman–Crippen MR) is 90.9 cm³/mol. The van der Waals surface area contributed by atoms with Gasteiger partial charge in [0.2, 0.25) is 10.0 Å². The lowest BCUT2D eigenvalue weighted by Gasteiger charge is -2.17. The Morgan fingerprint density at radius 3 is 2.40 bits per heavy atom. The van der Waals surface area contributed by atoms with E-state index in [-0.39, 0.29) is 11.6 Å². The molecule has 4 nitrogen and oxygen atoms in total. The van der Waals surface area contributed by atoms with E-state index in [1.807, 2.05) is 38.1 Å². The number of rotatable bonds is 5. The summed E-state index contributed by atoms with van der Waals surface area (Å²) in [5.74, 6) is 0.0622. The van der Waals surface area contributed by atoms with Gasteiger partial charge in [-0.05, 0) is 36.6 Å². The fourth-order valence-electron chi connectivity index (χ4n) is 2.48. The van der Waals surface area contributed by atoms with Crippen molar-refractivity contribution in [3.8, 4) is 0 Å². The zero-order chi connectivity index (χ0) is 18.8. The van der Waals surface area contributed by atoms with E-state index in [9.17, 15) is 21.6 Å². The van der Waals surface area contributed by atoms with Crippen molar-refractivity contribution in [2.24, 2.45) is 5.14 Å². The molecule has 2 aromatic carbocycles. The average Bonchev–Trinajstić information content (AvgIpc) is 2.50. The molecule has 2 rings (SSSR count). The van der Waals surface area contributed by atoms with Gasteiger partial charge in [0.05, 0.1) is 10.5 Å². The van der Waals surface area contributed by atoms with Gasteiger partial charge in [-0.2, -0.15) is 13.2 Å². The Bertz CT molecular complexity index is 864. The van der Waals surface area contributed by atoms with Gasteiger partial charge < -0.3 is 5.32 Å². The van der Waals surface area contributed by atoms with Crippen molar-refractivity contribution in [1.29, 1.82) is 0 Å². The summed E-state index contributed by atoms with van der Waals surface area (Å²) in [7, 11) is -4.46. The minimum atomic E-state index is -4.82. The molecule has 1 atom stereocenters. The van der Waals surface area contributed by atoms with Gasteiger partial charge >= 0.3 is 6.18 Å². The van der Waals surface area contributed by atoms with Crippen molar-refractivity contribution in [1.82, 2.24) is 0 Å². The summed E-state index contributed by atoms with van der Waals surface area (Å²) in [5.41, 5.74) is 1.06. The highest BCUT2D eigenvalue weighted by Crippen LogP contribution is 2.35. The summed E-state index contributed by atoms with van der Waals surface area (Å²) in [4.78, 5) is -0.933. The molecule has 0 aliphatic carbocycles. The maximum atomic E-state index is 13.1. The van der Waals surface area contributed by atoms with E-state index in [0.717, 1.165) is 23.3 Å². The first kappa shape index (κ1) is 19.3. The molecular formula is C17H19F3N2O2S. The fourth-order valence-corrected chi connectivity index (χ4v) is 3.21. The lowest BCUT2D eigenvalue weighted by atomic mass is 9.99. The summed E-state index contributed by atoms with van der Waals surface area (Å²) >= 11 is 0. The van der Waals surface area contributed by atoms with Gasteiger partial charge in [0.15, 0.2) is 0 Å². The van der Waals surface area contributed by atoms with Crippen LogP contribution in [0.25, 0.3) is 0 Å². The van der Waals surface area contributed by atoms with Crippen LogP contribution in [0.1, 0.15) is 29.5 Å². The van der Waals surface area contributed by atoms with Crippen molar-refractivity contribution in [3.63, 3.8) is 0 Å². The Kier molecular flexibility index (Phi) is 5.43. The quantitative estimate of drug-likeness (QED) is 0.837. The van der Waals surface area contributed by atoms with Crippen molar-refractivity contribution >= 4 is 15.7 Å². The Labute approximate surface area is 144 Å². The molecule has 1 unspecified atom stereocenters. The van der Waals surface area contributed by atoms with Gasteiger partial charge in [0, 0.05) is 12.2 Å². The van der Waals surface area contributed by atoms with Gasteiger partial charge in [-0.15, -0.1) is 0 Å². The third-order valence-electron chi connectivity index (χ3n) is 3.82. The molecule has 25 heavy (non-hydrogen) atoms. The smallest absolute Gasteiger partial charge is 0.384 e. The van der Waals surface area contributed by atoms with E-state index in [2.05, 4.69) is 5.32 Å². The Morgan fingerprint density at radius 2 is 1.84 bits per heavy atom. The molecule has 0 aliphatic heterocycles. The molecule has 136 valence electrons. The number of hydrogen-bond donors (Lipinski definition) is 2. The van der Waals surface area contributed by atoms with Crippen LogP contribution in [0.2, 0.25) is 0 Å². The number of aryl methyl sites for hydroxylation is 1. The summed E-state index contributed by atoms with van der Waals surface area (Å²) in [6, 6.07) is 10.8. The minimum Gasteiger partial charge on any atom is -0.384 e. The Morgan fingerprint density at radius 1 is 1.16 bits per heavy atom. The summed E-state index contributed by atoms with van der Waals surface area (Å²) in [6.45, 7) is 4.31. The lowest BCUT2D eigenvalue weighted by molar-refractivity contribution is -0.139. The summed E-state index contributed by atoms with van der Waals surface area (Å²) in [5, 5.41) is 7.79. The first-order valence-corrected chi connectivity index (χ1v) is 9.07. The van der Waals surface area contributed by atoms with Crippen LogP contribution in [0.3, 0.4) is 0 Å². The molecule has 8 heteroatoms. The maximum Gasteiger partial charge on any atom is 0.417 e. The van der Waals surface area contributed by atoms with E-state index in [1.54, 1.807) is 0 Å². The van der Waals surface area contributed by atoms with Crippen molar-refractivity contribution < 1.29 is 21.6 Å². The van der Waals surface area contributed by atoms with E-state index in [4.69, 9.17) is 5.14 Å². The van der Waals surface area contributed by atoms with Crippen LogP contribution in [-0.2, 0) is 16.2 Å². The second-order valence-electron chi connectivity index (χ2n) is 5.95. The zero-order valence-corrected chi connectivity index (χ0v) is 14.6. The lowest BCUT2D eigenvalue weighted by Crippen LogP contribution is -2.19. The predicted octanol–water partition coefficient (Wildman–Crippen LogP) is 3.88. The monoisotopic (exact) mass is 372 g/mol. The highest BCUT2D eigenvalue weighted by Gasteiger charge is 2.36. The van der Waals surface area contributed by atoms with E-state index in [1.165, 1.54) is 6.07 Å². The number of anilines is 1. The number of benzene rings is 2. The highest BCUT2D eigenvalue weighted by molar-refractivity contribution is 7.89. The highest BCUT2D eigenvalue weighted by atomic mass is 32.2. The van der Waals surface area contributed by atoms with Gasteiger partial charge in [-0.1, -0.05) is 36.8 Å². The Hall–Kier alpha value is -2.06. The van der Waals surface area contributed by atoms with Crippen LogP contribution in [0.15, 0.2) is 47.4 Å². The molecule has 0 bridgehead atoms. The van der Waals surface area contributed by atoms with E-state index >= 15 is 0 Å². The van der Waals surface area contributed by atoms with Crippen LogP contribution >= 0.6 is 0 Å². The topological polar surface area (TPSA) is 72.2 Å². The van der Waals surface area contributed by atoms with Gasteiger partial charge in [-0.3, -0.25) is 0 Å². The normalized spacial score (nSPS) is 13.5. The molecule has 0 fully saturated rings. The fraction of sp³-hybridized carbons (Fsp3) is 0.294. The number of nitrogens with one attached hydrogen (secondary N) is 1. The molecule has 0 spiro atoms. The molecule has 0 saturated carbocycles. The standard InChI is InChI=1S/C17H19F3N2O2S/c1-11-4-3-5-13(8-11)12(2)10-22-14-6-7-16(25(21,23)24)15(9-14)17(18,19)20/h3-9,12,22H,10H2,1-2H3,(H2,21,23,24). The molecule has 0 heterocycles. The van der Waals surface area contributed by atoms with Crippen LogP contribution in [0.5, 0.6) is 0 Å². The largest absolute Gasteiger partial charge is 0.417 e. The number of sulfonamides is 1. The third kappa shape index (κ3) is 4.96. The summed E-state index contributed by atoms with van der Waals surface area (Å²) < 4.78 is 62.1. The van der Waals surface area contributed by atoms with Crippen LogP contribution in [0.4, 0.5) is 18.9 Å². The number of primary sulfonamides is 1. The number of alkyl halides is 3. The van der Waals surface area contributed by atoms with Crippen molar-refractivity contribution in [2.75, 3.05) is 11.9 Å². The first-order chi connectivity index (χ1) is 11.5. The van der Waals surface area contributed by atoms with Gasteiger partial charge in [-0.25, -0.2) is 13.6 Å². The summed E-state index contributed by atoms with van der Waals surface area (Å²) in [6.07, 6.45) is -4.82. The maximum absolute atomic E-state index is 13.1. The first-order valence-electron chi connectivity index (χ1n) is 7.53.